The summed E-state index contributed by atoms with van der Waals surface area (Å²) in [6.07, 6.45) is 0.219. The van der Waals surface area contributed by atoms with Crippen molar-refractivity contribution in [3.63, 3.8) is 0 Å². The maximum Gasteiger partial charge on any atom is 0.191 e. The SMILES string of the molecule is CN=C(NCc1cc(Br)cs1)NCC1CN(CC(C)C)CCO1. The average molecular weight is 403 g/mol. The number of hydrogen-bond donors (Lipinski definition) is 2. The summed E-state index contributed by atoms with van der Waals surface area (Å²) in [6.45, 7) is 10.1. The maximum atomic E-state index is 5.86. The first-order chi connectivity index (χ1) is 11.1. The second-order valence-electron chi connectivity index (χ2n) is 6.18. The van der Waals surface area contributed by atoms with Gasteiger partial charge in [-0.3, -0.25) is 9.89 Å². The predicted octanol–water partition coefficient (Wildman–Crippen LogP) is 2.53. The number of morpholine rings is 1. The number of thiophene rings is 1. The van der Waals surface area contributed by atoms with Crippen LogP contribution in [-0.4, -0.2) is 56.8 Å². The van der Waals surface area contributed by atoms with Crippen LogP contribution in [0.4, 0.5) is 0 Å². The Kier molecular flexibility index (Phi) is 7.82. The maximum absolute atomic E-state index is 5.86. The number of nitrogens with zero attached hydrogens (tertiary/aromatic N) is 2. The average Bonchev–Trinajstić information content (AvgIpc) is 2.93. The molecule has 2 N–H and O–H groups in total. The Morgan fingerprint density at radius 1 is 1.52 bits per heavy atom. The summed E-state index contributed by atoms with van der Waals surface area (Å²) in [6, 6.07) is 2.12. The molecule has 1 saturated heterocycles. The van der Waals surface area contributed by atoms with Crippen molar-refractivity contribution in [2.75, 3.05) is 39.8 Å². The number of hydrogen-bond acceptors (Lipinski definition) is 4. The smallest absolute Gasteiger partial charge is 0.191 e. The first-order valence-corrected chi connectivity index (χ1v) is 9.75. The van der Waals surface area contributed by atoms with E-state index in [4.69, 9.17) is 4.74 Å². The lowest BCUT2D eigenvalue weighted by atomic mass is 10.2. The van der Waals surface area contributed by atoms with E-state index >= 15 is 0 Å². The zero-order valence-corrected chi connectivity index (χ0v) is 16.5. The van der Waals surface area contributed by atoms with Crippen molar-refractivity contribution in [2.45, 2.75) is 26.5 Å². The van der Waals surface area contributed by atoms with Crippen LogP contribution in [-0.2, 0) is 11.3 Å². The van der Waals surface area contributed by atoms with E-state index in [-0.39, 0.29) is 6.10 Å². The number of aliphatic imine (C=N–C) groups is 1. The van der Waals surface area contributed by atoms with E-state index < -0.39 is 0 Å². The van der Waals surface area contributed by atoms with Gasteiger partial charge in [-0.15, -0.1) is 11.3 Å². The van der Waals surface area contributed by atoms with E-state index in [1.54, 1.807) is 18.4 Å². The Hall–Kier alpha value is -0.630. The van der Waals surface area contributed by atoms with E-state index in [0.717, 1.165) is 49.8 Å². The Morgan fingerprint density at radius 2 is 2.35 bits per heavy atom. The van der Waals surface area contributed by atoms with Crippen molar-refractivity contribution in [2.24, 2.45) is 10.9 Å². The lowest BCUT2D eigenvalue weighted by Crippen LogP contribution is -2.50. The van der Waals surface area contributed by atoms with Crippen LogP contribution in [0.2, 0.25) is 0 Å². The first kappa shape index (κ1) is 18.7. The van der Waals surface area contributed by atoms with Gasteiger partial charge in [0.15, 0.2) is 5.96 Å². The summed E-state index contributed by atoms with van der Waals surface area (Å²) in [5.74, 6) is 1.51. The molecule has 1 fully saturated rings. The molecule has 5 nitrogen and oxygen atoms in total. The summed E-state index contributed by atoms with van der Waals surface area (Å²) in [5, 5.41) is 8.80. The van der Waals surface area contributed by atoms with Gasteiger partial charge < -0.3 is 15.4 Å². The van der Waals surface area contributed by atoms with Crippen LogP contribution in [0.1, 0.15) is 18.7 Å². The van der Waals surface area contributed by atoms with Gasteiger partial charge in [-0.2, -0.15) is 0 Å². The van der Waals surface area contributed by atoms with Gasteiger partial charge >= 0.3 is 0 Å². The lowest BCUT2D eigenvalue weighted by molar-refractivity contribution is -0.0284. The molecule has 0 bridgehead atoms. The van der Waals surface area contributed by atoms with E-state index in [2.05, 4.69) is 61.7 Å². The van der Waals surface area contributed by atoms with Gasteiger partial charge in [-0.1, -0.05) is 13.8 Å². The summed E-state index contributed by atoms with van der Waals surface area (Å²) < 4.78 is 6.99. The molecule has 0 amide bonds. The molecule has 0 spiro atoms. The highest BCUT2D eigenvalue weighted by Crippen LogP contribution is 2.19. The van der Waals surface area contributed by atoms with Crippen LogP contribution < -0.4 is 10.6 Å². The highest BCUT2D eigenvalue weighted by atomic mass is 79.9. The molecule has 1 atom stereocenters. The van der Waals surface area contributed by atoms with Gasteiger partial charge in [-0.05, 0) is 27.9 Å². The standard InChI is InChI=1S/C16H27BrN4OS/c1-12(2)9-21-4-5-22-14(10-21)7-19-16(18-3)20-8-15-6-13(17)11-23-15/h6,11-12,14H,4-5,7-10H2,1-3H3,(H2,18,19,20). The molecule has 7 heteroatoms. The third kappa shape index (κ3) is 6.79. The molecule has 23 heavy (non-hydrogen) atoms. The monoisotopic (exact) mass is 402 g/mol. The Labute approximate surface area is 151 Å². The second-order valence-corrected chi connectivity index (χ2v) is 8.10. The van der Waals surface area contributed by atoms with Crippen LogP contribution >= 0.6 is 27.3 Å². The number of rotatable bonds is 6. The van der Waals surface area contributed by atoms with Crippen molar-refractivity contribution < 1.29 is 4.74 Å². The highest BCUT2D eigenvalue weighted by Gasteiger charge is 2.21. The molecule has 1 aromatic rings. The third-order valence-electron chi connectivity index (χ3n) is 3.62. The predicted molar refractivity (Wildman–Crippen MR) is 101 cm³/mol. The quantitative estimate of drug-likeness (QED) is 0.566. The molecule has 130 valence electrons. The molecule has 1 aliphatic heterocycles. The normalized spacial score (nSPS) is 20.0. The largest absolute Gasteiger partial charge is 0.374 e. The summed E-state index contributed by atoms with van der Waals surface area (Å²) in [4.78, 5) is 8.04. The van der Waals surface area contributed by atoms with Gasteiger partial charge in [-0.25, -0.2) is 0 Å². The Bertz CT molecular complexity index is 506. The molecule has 0 aromatic carbocycles. The zero-order chi connectivity index (χ0) is 16.7. The van der Waals surface area contributed by atoms with Crippen LogP contribution in [0.15, 0.2) is 20.9 Å². The number of halogens is 1. The van der Waals surface area contributed by atoms with Crippen LogP contribution in [0, 0.1) is 5.92 Å². The molecule has 2 heterocycles. The van der Waals surface area contributed by atoms with E-state index in [1.165, 1.54) is 4.88 Å². The number of guanidine groups is 1. The molecular weight excluding hydrogens is 376 g/mol. The van der Waals surface area contributed by atoms with Crippen molar-refractivity contribution in [1.29, 1.82) is 0 Å². The molecule has 1 aromatic heterocycles. The lowest BCUT2D eigenvalue weighted by Gasteiger charge is -2.34. The zero-order valence-electron chi connectivity index (χ0n) is 14.1. The highest BCUT2D eigenvalue weighted by molar-refractivity contribution is 9.10. The van der Waals surface area contributed by atoms with Crippen molar-refractivity contribution >= 4 is 33.2 Å². The van der Waals surface area contributed by atoms with Crippen LogP contribution in [0.25, 0.3) is 0 Å². The molecule has 1 unspecified atom stereocenters. The van der Waals surface area contributed by atoms with E-state index in [9.17, 15) is 0 Å². The summed E-state index contributed by atoms with van der Waals surface area (Å²) in [7, 11) is 1.80. The van der Waals surface area contributed by atoms with Gasteiger partial charge in [0, 0.05) is 48.0 Å². The minimum absolute atomic E-state index is 0.219. The summed E-state index contributed by atoms with van der Waals surface area (Å²) >= 11 is 5.21. The Balaban J connectivity index is 1.72. The van der Waals surface area contributed by atoms with Crippen LogP contribution in [0.3, 0.4) is 0 Å². The third-order valence-corrected chi connectivity index (χ3v) is 5.32. The minimum Gasteiger partial charge on any atom is -0.374 e. The molecule has 1 aliphatic rings. The molecule has 0 aliphatic carbocycles. The Morgan fingerprint density at radius 3 is 3.00 bits per heavy atom. The van der Waals surface area contributed by atoms with Crippen molar-refractivity contribution in [3.8, 4) is 0 Å². The van der Waals surface area contributed by atoms with Crippen molar-refractivity contribution in [1.82, 2.24) is 15.5 Å². The van der Waals surface area contributed by atoms with Gasteiger partial charge in [0.1, 0.15) is 0 Å². The second kappa shape index (κ2) is 9.61. The van der Waals surface area contributed by atoms with Gasteiger partial charge in [0.25, 0.3) is 0 Å². The van der Waals surface area contributed by atoms with Crippen molar-refractivity contribution in [3.05, 3.63) is 20.8 Å². The number of ether oxygens (including phenoxy) is 1. The van der Waals surface area contributed by atoms with Gasteiger partial charge in [0.05, 0.1) is 19.3 Å². The number of nitrogens with one attached hydrogen (secondary N) is 2. The molecule has 0 saturated carbocycles. The first-order valence-electron chi connectivity index (χ1n) is 8.08. The van der Waals surface area contributed by atoms with Gasteiger partial charge in [0.2, 0.25) is 0 Å². The van der Waals surface area contributed by atoms with E-state index in [1.807, 2.05) is 0 Å². The van der Waals surface area contributed by atoms with E-state index in [0.29, 0.717) is 5.92 Å². The molecule has 0 radical (unpaired) electrons. The topological polar surface area (TPSA) is 48.9 Å². The molecular formula is C16H27BrN4OS. The fourth-order valence-electron chi connectivity index (χ4n) is 2.63. The van der Waals surface area contributed by atoms with Crippen LogP contribution in [0.5, 0.6) is 0 Å². The molecule has 2 rings (SSSR count). The summed E-state index contributed by atoms with van der Waals surface area (Å²) in [5.41, 5.74) is 0. The fraction of sp³-hybridized carbons (Fsp3) is 0.688. The minimum atomic E-state index is 0.219. The fourth-order valence-corrected chi connectivity index (χ4v) is 4.03.